The first kappa shape index (κ1) is 15.4. The molecule has 22 heavy (non-hydrogen) atoms. The Kier molecular flexibility index (Phi) is 4.73. The van der Waals surface area contributed by atoms with Crippen LogP contribution in [0.2, 0.25) is 0 Å². The third-order valence-electron chi connectivity index (χ3n) is 4.46. The highest BCUT2D eigenvalue weighted by molar-refractivity contribution is 5.73. The van der Waals surface area contributed by atoms with Crippen molar-refractivity contribution in [3.63, 3.8) is 0 Å². The Labute approximate surface area is 130 Å². The Hall–Kier alpha value is -1.47. The minimum Gasteiger partial charge on any atom is -0.377 e. The third-order valence-corrected chi connectivity index (χ3v) is 4.46. The van der Waals surface area contributed by atoms with E-state index in [-0.39, 0.29) is 11.9 Å². The molecule has 0 N–H and O–H groups in total. The summed E-state index contributed by atoms with van der Waals surface area (Å²) in [6.45, 7) is 7.56. The molecule has 2 aliphatic rings. The van der Waals surface area contributed by atoms with Crippen molar-refractivity contribution in [3.8, 4) is 0 Å². The lowest BCUT2D eigenvalue weighted by atomic mass is 10.2. The van der Waals surface area contributed by atoms with E-state index in [1.807, 2.05) is 4.90 Å². The van der Waals surface area contributed by atoms with Crippen LogP contribution in [0, 0.1) is 6.92 Å². The van der Waals surface area contributed by atoms with Crippen LogP contribution in [0.3, 0.4) is 0 Å². The standard InChI is InChI=1S/C15H24N4O3/c1-11-16-15(17-22-11)10-19(12(2)20)13-5-6-18(8-13)9-14-4-3-7-21-14/h13-14H,3-10H2,1-2H3/t13-,14+/m0/s1. The van der Waals surface area contributed by atoms with E-state index >= 15 is 0 Å². The number of hydrogen-bond acceptors (Lipinski definition) is 6. The quantitative estimate of drug-likeness (QED) is 0.807. The molecule has 1 amide bonds. The molecule has 0 saturated carbocycles. The molecule has 2 aliphatic heterocycles. The molecule has 3 heterocycles. The van der Waals surface area contributed by atoms with Gasteiger partial charge in [0.1, 0.15) is 0 Å². The molecule has 0 unspecified atom stereocenters. The first-order valence-corrected chi connectivity index (χ1v) is 8.02. The first-order valence-electron chi connectivity index (χ1n) is 8.02. The molecule has 0 radical (unpaired) electrons. The monoisotopic (exact) mass is 308 g/mol. The number of likely N-dealkylation sites (tertiary alicyclic amines) is 1. The number of nitrogens with zero attached hydrogens (tertiary/aromatic N) is 4. The highest BCUT2D eigenvalue weighted by Crippen LogP contribution is 2.21. The summed E-state index contributed by atoms with van der Waals surface area (Å²) in [6.07, 6.45) is 3.67. The van der Waals surface area contributed by atoms with Crippen molar-refractivity contribution in [1.82, 2.24) is 19.9 Å². The maximum atomic E-state index is 12.0. The van der Waals surface area contributed by atoms with Crippen molar-refractivity contribution < 1.29 is 14.1 Å². The second-order valence-corrected chi connectivity index (χ2v) is 6.21. The Balaban J connectivity index is 1.57. The number of ether oxygens (including phenoxy) is 1. The summed E-state index contributed by atoms with van der Waals surface area (Å²) in [4.78, 5) is 20.5. The van der Waals surface area contributed by atoms with E-state index in [0.717, 1.165) is 39.1 Å². The first-order chi connectivity index (χ1) is 10.6. The van der Waals surface area contributed by atoms with Crippen molar-refractivity contribution in [1.29, 1.82) is 0 Å². The van der Waals surface area contributed by atoms with Crippen LogP contribution in [0.5, 0.6) is 0 Å². The van der Waals surface area contributed by atoms with E-state index in [2.05, 4.69) is 15.0 Å². The van der Waals surface area contributed by atoms with Gasteiger partial charge < -0.3 is 14.2 Å². The average Bonchev–Trinajstić information content (AvgIpc) is 3.19. The largest absolute Gasteiger partial charge is 0.377 e. The van der Waals surface area contributed by atoms with Gasteiger partial charge in [-0.25, -0.2) is 0 Å². The summed E-state index contributed by atoms with van der Waals surface area (Å²) in [5.41, 5.74) is 0. The van der Waals surface area contributed by atoms with Crippen LogP contribution in [0.4, 0.5) is 0 Å². The molecule has 1 aromatic heterocycles. The highest BCUT2D eigenvalue weighted by atomic mass is 16.5. The van der Waals surface area contributed by atoms with Crippen molar-refractivity contribution in [3.05, 3.63) is 11.7 Å². The van der Waals surface area contributed by atoms with Crippen LogP contribution in [0.15, 0.2) is 4.52 Å². The smallest absolute Gasteiger partial charge is 0.223 e. The van der Waals surface area contributed by atoms with Crippen LogP contribution < -0.4 is 0 Å². The van der Waals surface area contributed by atoms with Gasteiger partial charge in [0.25, 0.3) is 0 Å². The van der Waals surface area contributed by atoms with Gasteiger partial charge in [-0.1, -0.05) is 5.16 Å². The summed E-state index contributed by atoms with van der Waals surface area (Å²) in [7, 11) is 0. The van der Waals surface area contributed by atoms with Gasteiger partial charge in [0, 0.05) is 46.1 Å². The normalized spacial score (nSPS) is 25.7. The molecule has 3 rings (SSSR count). The molecular weight excluding hydrogens is 284 g/mol. The summed E-state index contributed by atoms with van der Waals surface area (Å²) >= 11 is 0. The Morgan fingerprint density at radius 1 is 1.45 bits per heavy atom. The minimum atomic E-state index is 0.0615. The average molecular weight is 308 g/mol. The molecule has 2 atom stereocenters. The molecule has 7 heteroatoms. The van der Waals surface area contributed by atoms with Gasteiger partial charge in [-0.2, -0.15) is 4.98 Å². The lowest BCUT2D eigenvalue weighted by Gasteiger charge is -2.27. The molecule has 0 spiro atoms. The lowest BCUT2D eigenvalue weighted by molar-refractivity contribution is -0.131. The van der Waals surface area contributed by atoms with Crippen LogP contribution in [0.1, 0.15) is 37.9 Å². The van der Waals surface area contributed by atoms with Crippen molar-refractivity contribution in [2.75, 3.05) is 26.2 Å². The molecule has 0 bridgehead atoms. The topological polar surface area (TPSA) is 71.7 Å². The van der Waals surface area contributed by atoms with E-state index in [0.29, 0.717) is 24.4 Å². The van der Waals surface area contributed by atoms with Crippen LogP contribution in [0.25, 0.3) is 0 Å². The minimum absolute atomic E-state index is 0.0615. The molecule has 0 aromatic carbocycles. The predicted molar refractivity (Wildman–Crippen MR) is 79.1 cm³/mol. The van der Waals surface area contributed by atoms with Gasteiger partial charge in [-0.05, 0) is 19.3 Å². The zero-order valence-electron chi connectivity index (χ0n) is 13.3. The predicted octanol–water partition coefficient (Wildman–Crippen LogP) is 0.980. The number of amides is 1. The zero-order valence-corrected chi connectivity index (χ0v) is 13.3. The maximum Gasteiger partial charge on any atom is 0.223 e. The molecule has 1 aromatic rings. The Bertz CT molecular complexity index is 513. The summed E-state index contributed by atoms with van der Waals surface area (Å²) in [6, 6.07) is 0.220. The van der Waals surface area contributed by atoms with Crippen molar-refractivity contribution in [2.45, 2.75) is 51.8 Å². The number of aromatic nitrogens is 2. The second kappa shape index (κ2) is 6.75. The fraction of sp³-hybridized carbons (Fsp3) is 0.800. The molecule has 2 fully saturated rings. The van der Waals surface area contributed by atoms with Crippen molar-refractivity contribution >= 4 is 5.91 Å². The Morgan fingerprint density at radius 2 is 2.32 bits per heavy atom. The van der Waals surface area contributed by atoms with Gasteiger partial charge in [0.05, 0.1) is 12.6 Å². The number of aryl methyl sites for hydroxylation is 1. The highest BCUT2D eigenvalue weighted by Gasteiger charge is 2.31. The van der Waals surface area contributed by atoms with Gasteiger partial charge >= 0.3 is 0 Å². The second-order valence-electron chi connectivity index (χ2n) is 6.21. The van der Waals surface area contributed by atoms with E-state index in [4.69, 9.17) is 9.26 Å². The maximum absolute atomic E-state index is 12.0. The van der Waals surface area contributed by atoms with E-state index in [1.54, 1.807) is 13.8 Å². The molecule has 7 nitrogen and oxygen atoms in total. The van der Waals surface area contributed by atoms with Crippen LogP contribution in [-0.4, -0.2) is 64.2 Å². The van der Waals surface area contributed by atoms with Crippen LogP contribution in [-0.2, 0) is 16.1 Å². The number of hydrogen-bond donors (Lipinski definition) is 0. The number of rotatable bonds is 5. The van der Waals surface area contributed by atoms with Gasteiger partial charge in [0.15, 0.2) is 5.82 Å². The van der Waals surface area contributed by atoms with Gasteiger partial charge in [0.2, 0.25) is 11.8 Å². The zero-order chi connectivity index (χ0) is 15.5. The molecular formula is C15H24N4O3. The number of carbonyl (C=O) groups excluding carboxylic acids is 1. The third kappa shape index (κ3) is 3.64. The fourth-order valence-electron chi connectivity index (χ4n) is 3.36. The van der Waals surface area contributed by atoms with Gasteiger partial charge in [-0.15, -0.1) is 0 Å². The van der Waals surface area contributed by atoms with E-state index in [9.17, 15) is 4.79 Å². The summed E-state index contributed by atoms with van der Waals surface area (Å²) < 4.78 is 10.7. The Morgan fingerprint density at radius 3 is 2.95 bits per heavy atom. The fourth-order valence-corrected chi connectivity index (χ4v) is 3.36. The van der Waals surface area contributed by atoms with E-state index in [1.165, 1.54) is 6.42 Å². The molecule has 0 aliphatic carbocycles. The lowest BCUT2D eigenvalue weighted by Crippen LogP contribution is -2.41. The summed E-state index contributed by atoms with van der Waals surface area (Å²) in [5, 5.41) is 3.90. The number of carbonyl (C=O) groups is 1. The van der Waals surface area contributed by atoms with Crippen LogP contribution >= 0.6 is 0 Å². The van der Waals surface area contributed by atoms with E-state index < -0.39 is 0 Å². The summed E-state index contributed by atoms with van der Waals surface area (Å²) in [5.74, 6) is 1.17. The molecule has 122 valence electrons. The SMILES string of the molecule is CC(=O)N(Cc1noc(C)n1)[C@H]1CCN(C[C@H]2CCCO2)C1. The van der Waals surface area contributed by atoms with Crippen molar-refractivity contribution in [2.24, 2.45) is 0 Å². The van der Waals surface area contributed by atoms with Gasteiger partial charge in [-0.3, -0.25) is 9.69 Å². The molecule has 2 saturated heterocycles.